The second-order valence-electron chi connectivity index (χ2n) is 7.20. The lowest BCUT2D eigenvalue weighted by atomic mass is 10.1. The molecule has 2 saturated heterocycles. The molecule has 0 radical (unpaired) electrons. The van der Waals surface area contributed by atoms with E-state index in [1.165, 1.54) is 0 Å². The van der Waals surface area contributed by atoms with Crippen molar-refractivity contribution in [2.75, 3.05) is 50.7 Å². The standard InChI is InChI=1S/C20H26N6O2/c27-19(16-24-11-13-26(14-12-24)20-22-7-2-8-23-20)25-9-4-17(5-10-25)28-18-3-1-6-21-15-18/h1-3,6-8,15,17H,4-5,9-14,16H2. The van der Waals surface area contributed by atoms with Crippen molar-refractivity contribution in [3.8, 4) is 5.75 Å². The van der Waals surface area contributed by atoms with Crippen molar-refractivity contribution in [3.63, 3.8) is 0 Å². The molecule has 148 valence electrons. The van der Waals surface area contributed by atoms with Crippen molar-refractivity contribution < 1.29 is 9.53 Å². The zero-order valence-electron chi connectivity index (χ0n) is 16.0. The molecule has 4 heterocycles. The summed E-state index contributed by atoms with van der Waals surface area (Å²) in [4.78, 5) is 31.7. The summed E-state index contributed by atoms with van der Waals surface area (Å²) in [5.74, 6) is 1.78. The summed E-state index contributed by atoms with van der Waals surface area (Å²) in [6.45, 7) is 5.38. The van der Waals surface area contributed by atoms with Crippen LogP contribution in [0.1, 0.15) is 12.8 Å². The van der Waals surface area contributed by atoms with Gasteiger partial charge in [0.25, 0.3) is 0 Å². The number of piperidine rings is 1. The van der Waals surface area contributed by atoms with Gasteiger partial charge in [0.1, 0.15) is 11.9 Å². The molecule has 2 aromatic heterocycles. The van der Waals surface area contributed by atoms with Crippen molar-refractivity contribution in [3.05, 3.63) is 43.0 Å². The first kappa shape index (κ1) is 18.6. The highest BCUT2D eigenvalue weighted by molar-refractivity contribution is 5.78. The van der Waals surface area contributed by atoms with Crippen molar-refractivity contribution in [2.45, 2.75) is 18.9 Å². The number of ether oxygens (including phenoxy) is 1. The average Bonchev–Trinajstić information content (AvgIpc) is 2.76. The lowest BCUT2D eigenvalue weighted by molar-refractivity contribution is -0.134. The van der Waals surface area contributed by atoms with E-state index in [1.807, 2.05) is 23.1 Å². The Morgan fingerprint density at radius 3 is 2.43 bits per heavy atom. The number of carbonyl (C=O) groups excluding carboxylic acids is 1. The van der Waals surface area contributed by atoms with Crippen molar-refractivity contribution >= 4 is 11.9 Å². The number of aromatic nitrogens is 3. The molecule has 0 aliphatic carbocycles. The smallest absolute Gasteiger partial charge is 0.236 e. The Morgan fingerprint density at radius 2 is 1.75 bits per heavy atom. The van der Waals surface area contributed by atoms with Gasteiger partial charge >= 0.3 is 0 Å². The molecule has 2 aromatic rings. The number of amides is 1. The maximum Gasteiger partial charge on any atom is 0.236 e. The second kappa shape index (κ2) is 8.97. The Kier molecular flexibility index (Phi) is 5.96. The highest BCUT2D eigenvalue weighted by Crippen LogP contribution is 2.18. The van der Waals surface area contributed by atoms with E-state index in [-0.39, 0.29) is 12.0 Å². The predicted octanol–water partition coefficient (Wildman–Crippen LogP) is 1.06. The van der Waals surface area contributed by atoms with Crippen LogP contribution in [0.2, 0.25) is 0 Å². The first-order chi connectivity index (χ1) is 13.8. The molecule has 1 amide bonds. The minimum atomic E-state index is 0.155. The first-order valence-electron chi connectivity index (χ1n) is 9.87. The maximum atomic E-state index is 12.7. The lowest BCUT2D eigenvalue weighted by Gasteiger charge is -2.37. The number of nitrogens with zero attached hydrogens (tertiary/aromatic N) is 6. The maximum absolute atomic E-state index is 12.7. The van der Waals surface area contributed by atoms with Gasteiger partial charge in [-0.3, -0.25) is 14.7 Å². The van der Waals surface area contributed by atoms with Crippen molar-refractivity contribution in [1.29, 1.82) is 0 Å². The lowest BCUT2D eigenvalue weighted by Crippen LogP contribution is -2.51. The summed E-state index contributed by atoms with van der Waals surface area (Å²) in [5, 5.41) is 0. The minimum absolute atomic E-state index is 0.155. The quantitative estimate of drug-likeness (QED) is 0.766. The number of hydrogen-bond donors (Lipinski definition) is 0. The summed E-state index contributed by atoms with van der Waals surface area (Å²) < 4.78 is 5.96. The monoisotopic (exact) mass is 382 g/mol. The van der Waals surface area contributed by atoms with E-state index < -0.39 is 0 Å². The van der Waals surface area contributed by atoms with Gasteiger partial charge in [0, 0.05) is 70.7 Å². The normalized spacial score (nSPS) is 18.9. The molecule has 0 aromatic carbocycles. The van der Waals surface area contributed by atoms with E-state index >= 15 is 0 Å². The zero-order valence-corrected chi connectivity index (χ0v) is 16.0. The van der Waals surface area contributed by atoms with Gasteiger partial charge in [-0.2, -0.15) is 0 Å². The molecule has 8 heteroatoms. The molecular formula is C20H26N6O2. The number of carbonyl (C=O) groups is 1. The fraction of sp³-hybridized carbons (Fsp3) is 0.500. The van der Waals surface area contributed by atoms with Gasteiger partial charge in [0.15, 0.2) is 0 Å². The Labute approximate surface area is 165 Å². The summed E-state index contributed by atoms with van der Waals surface area (Å²) >= 11 is 0. The van der Waals surface area contributed by atoms with Crippen LogP contribution in [-0.2, 0) is 4.79 Å². The van der Waals surface area contributed by atoms with Gasteiger partial charge in [-0.1, -0.05) is 0 Å². The largest absolute Gasteiger partial charge is 0.489 e. The van der Waals surface area contributed by atoms with E-state index in [1.54, 1.807) is 24.8 Å². The molecule has 28 heavy (non-hydrogen) atoms. The molecule has 0 spiro atoms. The molecule has 4 rings (SSSR count). The highest BCUT2D eigenvalue weighted by Gasteiger charge is 2.26. The van der Waals surface area contributed by atoms with E-state index in [4.69, 9.17) is 4.74 Å². The van der Waals surface area contributed by atoms with Crippen LogP contribution in [0, 0.1) is 0 Å². The number of piperazine rings is 1. The van der Waals surface area contributed by atoms with Crippen LogP contribution < -0.4 is 9.64 Å². The van der Waals surface area contributed by atoms with Gasteiger partial charge in [0.2, 0.25) is 11.9 Å². The van der Waals surface area contributed by atoms with E-state index in [0.29, 0.717) is 6.54 Å². The molecule has 2 aliphatic heterocycles. The van der Waals surface area contributed by atoms with Gasteiger partial charge in [-0.15, -0.1) is 0 Å². The van der Waals surface area contributed by atoms with E-state index in [9.17, 15) is 4.79 Å². The van der Waals surface area contributed by atoms with Gasteiger partial charge in [-0.05, 0) is 18.2 Å². The van der Waals surface area contributed by atoms with Crippen LogP contribution in [0.3, 0.4) is 0 Å². The molecule has 2 fully saturated rings. The molecule has 2 aliphatic rings. The number of likely N-dealkylation sites (tertiary alicyclic amines) is 1. The van der Waals surface area contributed by atoms with Gasteiger partial charge < -0.3 is 14.5 Å². The fourth-order valence-corrected chi connectivity index (χ4v) is 3.68. The number of anilines is 1. The fourth-order valence-electron chi connectivity index (χ4n) is 3.68. The number of rotatable bonds is 5. The van der Waals surface area contributed by atoms with Crippen molar-refractivity contribution in [1.82, 2.24) is 24.8 Å². The summed E-state index contributed by atoms with van der Waals surface area (Å²) in [6, 6.07) is 5.62. The molecule has 0 saturated carbocycles. The Morgan fingerprint density at radius 1 is 1.00 bits per heavy atom. The molecule has 0 N–H and O–H groups in total. The van der Waals surface area contributed by atoms with Crippen LogP contribution in [-0.4, -0.2) is 82.6 Å². The van der Waals surface area contributed by atoms with Crippen molar-refractivity contribution in [2.24, 2.45) is 0 Å². The highest BCUT2D eigenvalue weighted by atomic mass is 16.5. The van der Waals surface area contributed by atoms with Gasteiger partial charge in [-0.25, -0.2) is 9.97 Å². The number of hydrogen-bond acceptors (Lipinski definition) is 7. The SMILES string of the molecule is O=C(CN1CCN(c2ncccn2)CC1)N1CCC(Oc2cccnc2)CC1. The third-order valence-corrected chi connectivity index (χ3v) is 5.30. The molecule has 8 nitrogen and oxygen atoms in total. The Balaban J connectivity index is 1.19. The van der Waals surface area contributed by atoms with E-state index in [0.717, 1.165) is 63.8 Å². The molecule has 0 atom stereocenters. The van der Waals surface area contributed by atoms with Crippen LogP contribution >= 0.6 is 0 Å². The summed E-state index contributed by atoms with van der Waals surface area (Å²) in [7, 11) is 0. The zero-order chi connectivity index (χ0) is 19.2. The minimum Gasteiger partial charge on any atom is -0.489 e. The third-order valence-electron chi connectivity index (χ3n) is 5.30. The van der Waals surface area contributed by atoms with Crippen LogP contribution in [0.25, 0.3) is 0 Å². The van der Waals surface area contributed by atoms with E-state index in [2.05, 4.69) is 24.8 Å². The summed E-state index contributed by atoms with van der Waals surface area (Å²) in [6.07, 6.45) is 8.88. The van der Waals surface area contributed by atoms with Crippen LogP contribution in [0.15, 0.2) is 43.0 Å². The molecular weight excluding hydrogens is 356 g/mol. The molecule has 0 unspecified atom stereocenters. The van der Waals surface area contributed by atoms with Gasteiger partial charge in [0.05, 0.1) is 12.7 Å². The summed E-state index contributed by atoms with van der Waals surface area (Å²) in [5.41, 5.74) is 0. The second-order valence-corrected chi connectivity index (χ2v) is 7.20. The predicted molar refractivity (Wildman–Crippen MR) is 105 cm³/mol. The van der Waals surface area contributed by atoms with Crippen LogP contribution in [0.5, 0.6) is 5.75 Å². The average molecular weight is 382 g/mol. The van der Waals surface area contributed by atoms with Crippen LogP contribution in [0.4, 0.5) is 5.95 Å². The topological polar surface area (TPSA) is 74.7 Å². The third kappa shape index (κ3) is 4.75. The number of pyridine rings is 1. The Bertz CT molecular complexity index is 744. The Hall–Kier alpha value is -2.74. The molecule has 0 bridgehead atoms. The first-order valence-corrected chi connectivity index (χ1v) is 9.87.